The van der Waals surface area contributed by atoms with Gasteiger partial charge in [0, 0.05) is 13.1 Å². The van der Waals surface area contributed by atoms with E-state index < -0.39 is 10.0 Å². The van der Waals surface area contributed by atoms with Crippen molar-refractivity contribution in [2.45, 2.75) is 13.3 Å². The molecule has 1 aromatic heterocycles. The third kappa shape index (κ3) is 6.16. The standard InChI is InChI=1S/C11H18N4O3S/c1-2-13-9-4-5-10(15-8-9)11(16)14-6-3-7-19(12,17)18/h4-5,8,13H,2-3,6-7H2,1H3,(H,14,16)(H2,12,17,18). The molecule has 1 rings (SSSR count). The van der Waals surface area contributed by atoms with Gasteiger partial charge in [-0.3, -0.25) is 4.79 Å². The molecule has 0 aliphatic rings. The Morgan fingerprint density at radius 2 is 2.16 bits per heavy atom. The third-order valence-corrected chi connectivity index (χ3v) is 3.13. The van der Waals surface area contributed by atoms with Crippen molar-refractivity contribution in [1.29, 1.82) is 0 Å². The zero-order valence-electron chi connectivity index (χ0n) is 10.7. The Hall–Kier alpha value is -1.67. The van der Waals surface area contributed by atoms with Crippen LogP contribution in [0.2, 0.25) is 0 Å². The largest absolute Gasteiger partial charge is 0.384 e. The van der Waals surface area contributed by atoms with Gasteiger partial charge in [-0.05, 0) is 25.5 Å². The molecule has 0 atom stereocenters. The number of sulfonamides is 1. The highest BCUT2D eigenvalue weighted by molar-refractivity contribution is 7.89. The summed E-state index contributed by atoms with van der Waals surface area (Å²) >= 11 is 0. The number of rotatable bonds is 7. The summed E-state index contributed by atoms with van der Waals surface area (Å²) in [6.07, 6.45) is 1.85. The fraction of sp³-hybridized carbons (Fsp3) is 0.455. The van der Waals surface area contributed by atoms with Gasteiger partial charge in [-0.25, -0.2) is 18.5 Å². The van der Waals surface area contributed by atoms with E-state index in [1.165, 1.54) is 0 Å². The monoisotopic (exact) mass is 286 g/mol. The van der Waals surface area contributed by atoms with Crippen LogP contribution in [0.1, 0.15) is 23.8 Å². The molecule has 1 aromatic rings. The average Bonchev–Trinajstić information content (AvgIpc) is 2.34. The minimum Gasteiger partial charge on any atom is -0.384 e. The number of nitrogens with one attached hydrogen (secondary N) is 2. The molecule has 0 aliphatic heterocycles. The van der Waals surface area contributed by atoms with E-state index in [-0.39, 0.29) is 30.3 Å². The Morgan fingerprint density at radius 1 is 1.42 bits per heavy atom. The molecule has 0 aliphatic carbocycles. The van der Waals surface area contributed by atoms with Crippen molar-refractivity contribution >= 4 is 21.6 Å². The maximum atomic E-state index is 11.7. The van der Waals surface area contributed by atoms with E-state index in [1.54, 1.807) is 18.3 Å². The number of nitrogens with two attached hydrogens (primary N) is 1. The Kier molecular flexibility index (Phi) is 5.71. The van der Waals surface area contributed by atoms with Crippen LogP contribution in [-0.2, 0) is 10.0 Å². The molecular weight excluding hydrogens is 268 g/mol. The van der Waals surface area contributed by atoms with E-state index in [4.69, 9.17) is 5.14 Å². The summed E-state index contributed by atoms with van der Waals surface area (Å²) in [6.45, 7) is 2.98. The SMILES string of the molecule is CCNc1ccc(C(=O)NCCCS(N)(=O)=O)nc1. The smallest absolute Gasteiger partial charge is 0.269 e. The van der Waals surface area contributed by atoms with Crippen molar-refractivity contribution in [2.75, 3.05) is 24.2 Å². The van der Waals surface area contributed by atoms with Crippen LogP contribution in [0.4, 0.5) is 5.69 Å². The van der Waals surface area contributed by atoms with Crippen molar-refractivity contribution in [3.8, 4) is 0 Å². The number of carbonyl (C=O) groups is 1. The zero-order valence-corrected chi connectivity index (χ0v) is 11.5. The van der Waals surface area contributed by atoms with Gasteiger partial charge >= 0.3 is 0 Å². The van der Waals surface area contributed by atoms with Crippen molar-refractivity contribution in [2.24, 2.45) is 5.14 Å². The lowest BCUT2D eigenvalue weighted by Crippen LogP contribution is -2.27. The van der Waals surface area contributed by atoms with Crippen molar-refractivity contribution in [3.05, 3.63) is 24.0 Å². The molecule has 0 fully saturated rings. The molecule has 0 saturated carbocycles. The molecule has 0 saturated heterocycles. The number of amides is 1. The van der Waals surface area contributed by atoms with Gasteiger partial charge in [0.1, 0.15) is 5.69 Å². The Bertz CT molecular complexity index is 513. The van der Waals surface area contributed by atoms with Crippen LogP contribution in [-0.4, -0.2) is 38.2 Å². The number of hydrogen-bond acceptors (Lipinski definition) is 5. The minimum absolute atomic E-state index is 0.153. The molecule has 0 bridgehead atoms. The highest BCUT2D eigenvalue weighted by atomic mass is 32.2. The number of pyridine rings is 1. The summed E-state index contributed by atoms with van der Waals surface area (Å²) in [6, 6.07) is 3.36. The zero-order chi connectivity index (χ0) is 14.3. The maximum absolute atomic E-state index is 11.7. The van der Waals surface area contributed by atoms with Gasteiger partial charge in [0.2, 0.25) is 10.0 Å². The Labute approximate surface area is 112 Å². The van der Waals surface area contributed by atoms with Gasteiger partial charge in [0.25, 0.3) is 5.91 Å². The van der Waals surface area contributed by atoms with E-state index in [2.05, 4.69) is 15.6 Å². The molecule has 0 unspecified atom stereocenters. The Morgan fingerprint density at radius 3 is 2.68 bits per heavy atom. The molecule has 7 nitrogen and oxygen atoms in total. The van der Waals surface area contributed by atoms with Crippen LogP contribution < -0.4 is 15.8 Å². The highest BCUT2D eigenvalue weighted by Gasteiger charge is 2.07. The van der Waals surface area contributed by atoms with Crippen LogP contribution in [0.15, 0.2) is 18.3 Å². The number of hydrogen-bond donors (Lipinski definition) is 3. The Balaban J connectivity index is 2.41. The topological polar surface area (TPSA) is 114 Å². The molecule has 8 heteroatoms. The van der Waals surface area contributed by atoms with Gasteiger partial charge in [-0.2, -0.15) is 0 Å². The first-order valence-electron chi connectivity index (χ1n) is 5.91. The first-order valence-corrected chi connectivity index (χ1v) is 7.62. The van der Waals surface area contributed by atoms with Gasteiger partial charge in [-0.15, -0.1) is 0 Å². The van der Waals surface area contributed by atoms with Gasteiger partial charge in [-0.1, -0.05) is 0 Å². The lowest BCUT2D eigenvalue weighted by atomic mass is 10.3. The second-order valence-corrected chi connectivity index (χ2v) is 5.67. The summed E-state index contributed by atoms with van der Waals surface area (Å²) in [4.78, 5) is 15.7. The van der Waals surface area contributed by atoms with Crippen molar-refractivity contribution < 1.29 is 13.2 Å². The molecule has 19 heavy (non-hydrogen) atoms. The number of nitrogens with zero attached hydrogens (tertiary/aromatic N) is 1. The number of carbonyl (C=O) groups excluding carboxylic acids is 1. The second kappa shape index (κ2) is 7.05. The quantitative estimate of drug-likeness (QED) is 0.607. The minimum atomic E-state index is -3.47. The predicted octanol–water partition coefficient (Wildman–Crippen LogP) is -0.0782. The molecule has 0 aromatic carbocycles. The molecule has 0 spiro atoms. The van der Waals surface area contributed by atoms with Crippen LogP contribution in [0.5, 0.6) is 0 Å². The van der Waals surface area contributed by atoms with E-state index in [0.29, 0.717) is 0 Å². The van der Waals surface area contributed by atoms with E-state index in [0.717, 1.165) is 12.2 Å². The van der Waals surface area contributed by atoms with Gasteiger partial charge in [0.15, 0.2) is 0 Å². The fourth-order valence-electron chi connectivity index (χ4n) is 1.40. The van der Waals surface area contributed by atoms with Crippen LogP contribution in [0, 0.1) is 0 Å². The van der Waals surface area contributed by atoms with Crippen LogP contribution >= 0.6 is 0 Å². The highest BCUT2D eigenvalue weighted by Crippen LogP contribution is 2.05. The molecule has 1 heterocycles. The van der Waals surface area contributed by atoms with Crippen LogP contribution in [0.25, 0.3) is 0 Å². The first kappa shape index (κ1) is 15.4. The number of primary sulfonamides is 1. The second-order valence-electron chi connectivity index (χ2n) is 3.94. The first-order chi connectivity index (χ1) is 8.92. The average molecular weight is 286 g/mol. The number of anilines is 1. The lowest BCUT2D eigenvalue weighted by molar-refractivity contribution is 0.0949. The van der Waals surface area contributed by atoms with Crippen molar-refractivity contribution in [1.82, 2.24) is 10.3 Å². The van der Waals surface area contributed by atoms with E-state index >= 15 is 0 Å². The van der Waals surface area contributed by atoms with Crippen molar-refractivity contribution in [3.63, 3.8) is 0 Å². The van der Waals surface area contributed by atoms with Crippen LogP contribution in [0.3, 0.4) is 0 Å². The fourth-order valence-corrected chi connectivity index (χ4v) is 1.95. The predicted molar refractivity (Wildman–Crippen MR) is 73.3 cm³/mol. The third-order valence-electron chi connectivity index (χ3n) is 2.27. The molecule has 106 valence electrons. The normalized spacial score (nSPS) is 11.1. The van der Waals surface area contributed by atoms with Gasteiger partial charge < -0.3 is 10.6 Å². The molecule has 4 N–H and O–H groups in total. The summed E-state index contributed by atoms with van der Waals surface area (Å²) in [7, 11) is -3.47. The lowest BCUT2D eigenvalue weighted by Gasteiger charge is -2.05. The van der Waals surface area contributed by atoms with Gasteiger partial charge in [0.05, 0.1) is 17.6 Å². The number of aromatic nitrogens is 1. The summed E-state index contributed by atoms with van der Waals surface area (Å²) in [5.41, 5.74) is 1.13. The molecule has 1 amide bonds. The van der Waals surface area contributed by atoms with E-state index in [9.17, 15) is 13.2 Å². The summed E-state index contributed by atoms with van der Waals surface area (Å²) in [5, 5.41) is 10.5. The molecular formula is C11H18N4O3S. The molecule has 0 radical (unpaired) electrons. The maximum Gasteiger partial charge on any atom is 0.269 e. The van der Waals surface area contributed by atoms with E-state index in [1.807, 2.05) is 6.92 Å². The summed E-state index contributed by atoms with van der Waals surface area (Å²) in [5.74, 6) is -0.488. The summed E-state index contributed by atoms with van der Waals surface area (Å²) < 4.78 is 21.4.